The van der Waals surface area contributed by atoms with Crippen molar-refractivity contribution in [3.05, 3.63) is 22.8 Å². The largest absolute Gasteiger partial charge is 0.373 e. The molecule has 0 amide bonds. The molecular weight excluding hydrogens is 238 g/mol. The Kier molecular flexibility index (Phi) is 6.95. The van der Waals surface area contributed by atoms with Crippen LogP contribution in [0.1, 0.15) is 55.6 Å². The Labute approximate surface area is 117 Å². The van der Waals surface area contributed by atoms with Crippen LogP contribution in [0, 0.1) is 13.8 Å². The fraction of sp³-hybridized carbons (Fsp3) is 0.733. The van der Waals surface area contributed by atoms with Gasteiger partial charge in [0, 0.05) is 18.5 Å². The molecule has 1 heterocycles. The van der Waals surface area contributed by atoms with E-state index in [-0.39, 0.29) is 6.10 Å². The lowest BCUT2D eigenvalue weighted by molar-refractivity contribution is 0.0872. The lowest BCUT2D eigenvalue weighted by Crippen LogP contribution is -2.18. The van der Waals surface area contributed by atoms with Crippen molar-refractivity contribution in [2.24, 2.45) is 0 Å². The zero-order valence-corrected chi connectivity index (χ0v) is 12.9. The van der Waals surface area contributed by atoms with E-state index in [2.05, 4.69) is 43.0 Å². The molecule has 0 saturated carbocycles. The molecule has 0 aliphatic rings. The molecule has 0 aliphatic heterocycles. The van der Waals surface area contributed by atoms with Crippen LogP contribution in [0.3, 0.4) is 0 Å². The SMILES string of the molecule is CCCC(OC)c1nc(C)c(CCNCC)c(C)n1. The number of nitrogens with one attached hydrogen (secondary N) is 1. The third kappa shape index (κ3) is 4.55. The Balaban J connectivity index is 2.88. The lowest BCUT2D eigenvalue weighted by atomic mass is 10.1. The summed E-state index contributed by atoms with van der Waals surface area (Å²) in [4.78, 5) is 9.28. The van der Waals surface area contributed by atoms with Crippen LogP contribution in [-0.4, -0.2) is 30.2 Å². The van der Waals surface area contributed by atoms with Crippen molar-refractivity contribution in [1.82, 2.24) is 15.3 Å². The standard InChI is InChI=1S/C15H27N3O/c1-6-8-14(19-5)15-17-11(3)13(12(4)18-15)9-10-16-7-2/h14,16H,6-10H2,1-5H3. The minimum atomic E-state index is 0.0187. The maximum absolute atomic E-state index is 5.49. The summed E-state index contributed by atoms with van der Waals surface area (Å²) in [5.74, 6) is 0.826. The van der Waals surface area contributed by atoms with Crippen molar-refractivity contribution in [3.8, 4) is 0 Å². The smallest absolute Gasteiger partial charge is 0.157 e. The highest BCUT2D eigenvalue weighted by molar-refractivity contribution is 5.25. The van der Waals surface area contributed by atoms with Gasteiger partial charge in [-0.15, -0.1) is 0 Å². The predicted octanol–water partition coefficient (Wildman–Crippen LogP) is 2.73. The number of ether oxygens (including phenoxy) is 1. The highest BCUT2D eigenvalue weighted by Crippen LogP contribution is 2.21. The van der Waals surface area contributed by atoms with E-state index in [1.807, 2.05) is 0 Å². The summed E-state index contributed by atoms with van der Waals surface area (Å²) in [7, 11) is 1.73. The van der Waals surface area contributed by atoms with Crippen LogP contribution in [0.15, 0.2) is 0 Å². The van der Waals surface area contributed by atoms with E-state index in [1.54, 1.807) is 7.11 Å². The maximum Gasteiger partial charge on any atom is 0.157 e. The molecule has 1 aromatic rings. The van der Waals surface area contributed by atoms with Crippen LogP contribution in [0.4, 0.5) is 0 Å². The van der Waals surface area contributed by atoms with Crippen LogP contribution < -0.4 is 5.32 Å². The molecule has 1 unspecified atom stereocenters. The Morgan fingerprint density at radius 2 is 1.79 bits per heavy atom. The van der Waals surface area contributed by atoms with Gasteiger partial charge in [0.1, 0.15) is 6.10 Å². The number of hydrogen-bond donors (Lipinski definition) is 1. The van der Waals surface area contributed by atoms with Crippen LogP contribution in [0.2, 0.25) is 0 Å². The van der Waals surface area contributed by atoms with Gasteiger partial charge in [-0.1, -0.05) is 20.3 Å². The van der Waals surface area contributed by atoms with E-state index >= 15 is 0 Å². The molecule has 0 aromatic carbocycles. The summed E-state index contributed by atoms with van der Waals surface area (Å²) in [5.41, 5.74) is 3.42. The van der Waals surface area contributed by atoms with Crippen LogP contribution in [-0.2, 0) is 11.2 Å². The van der Waals surface area contributed by atoms with Gasteiger partial charge in [-0.05, 0) is 45.3 Å². The molecule has 19 heavy (non-hydrogen) atoms. The molecule has 1 atom stereocenters. The summed E-state index contributed by atoms with van der Waals surface area (Å²) in [6.45, 7) is 10.4. The number of hydrogen-bond acceptors (Lipinski definition) is 4. The van der Waals surface area contributed by atoms with Gasteiger partial charge < -0.3 is 10.1 Å². The molecule has 0 radical (unpaired) electrons. The maximum atomic E-state index is 5.49. The summed E-state index contributed by atoms with van der Waals surface area (Å²) < 4.78 is 5.49. The first-order valence-corrected chi connectivity index (χ1v) is 7.21. The molecular formula is C15H27N3O. The first-order chi connectivity index (χ1) is 9.13. The molecule has 0 bridgehead atoms. The molecule has 1 rings (SSSR count). The van der Waals surface area contributed by atoms with Crippen molar-refractivity contribution in [3.63, 3.8) is 0 Å². The minimum absolute atomic E-state index is 0.0187. The van der Waals surface area contributed by atoms with E-state index in [1.165, 1.54) is 5.56 Å². The van der Waals surface area contributed by atoms with Gasteiger partial charge in [0.15, 0.2) is 5.82 Å². The average molecular weight is 265 g/mol. The molecule has 1 N–H and O–H groups in total. The average Bonchev–Trinajstić information content (AvgIpc) is 2.39. The second-order valence-corrected chi connectivity index (χ2v) is 4.85. The van der Waals surface area contributed by atoms with Crippen molar-refractivity contribution in [2.75, 3.05) is 20.2 Å². The summed E-state index contributed by atoms with van der Waals surface area (Å²) in [6.07, 6.45) is 3.04. The first-order valence-electron chi connectivity index (χ1n) is 7.21. The van der Waals surface area contributed by atoms with Gasteiger partial charge in [-0.2, -0.15) is 0 Å². The van der Waals surface area contributed by atoms with E-state index in [0.717, 1.165) is 49.6 Å². The molecule has 0 aliphatic carbocycles. The number of aryl methyl sites for hydroxylation is 2. The van der Waals surface area contributed by atoms with Gasteiger partial charge in [0.2, 0.25) is 0 Å². The fourth-order valence-electron chi connectivity index (χ4n) is 2.28. The number of rotatable bonds is 8. The minimum Gasteiger partial charge on any atom is -0.373 e. The Morgan fingerprint density at radius 1 is 1.16 bits per heavy atom. The Hall–Kier alpha value is -1.00. The fourth-order valence-corrected chi connectivity index (χ4v) is 2.28. The van der Waals surface area contributed by atoms with Gasteiger partial charge in [0.05, 0.1) is 0 Å². The second kappa shape index (κ2) is 8.23. The zero-order chi connectivity index (χ0) is 14.3. The van der Waals surface area contributed by atoms with Gasteiger partial charge in [-0.25, -0.2) is 9.97 Å². The second-order valence-electron chi connectivity index (χ2n) is 4.85. The van der Waals surface area contributed by atoms with E-state index < -0.39 is 0 Å². The zero-order valence-electron chi connectivity index (χ0n) is 12.9. The van der Waals surface area contributed by atoms with Gasteiger partial charge in [-0.3, -0.25) is 0 Å². The molecule has 4 nitrogen and oxygen atoms in total. The summed E-state index contributed by atoms with van der Waals surface area (Å²) in [5, 5.41) is 3.34. The highest BCUT2D eigenvalue weighted by atomic mass is 16.5. The molecule has 0 saturated heterocycles. The molecule has 108 valence electrons. The Morgan fingerprint density at radius 3 is 2.26 bits per heavy atom. The Bertz CT molecular complexity index is 370. The quantitative estimate of drug-likeness (QED) is 0.734. The van der Waals surface area contributed by atoms with Crippen molar-refractivity contribution in [1.29, 1.82) is 0 Å². The van der Waals surface area contributed by atoms with Gasteiger partial charge >= 0.3 is 0 Å². The summed E-state index contributed by atoms with van der Waals surface area (Å²) in [6, 6.07) is 0. The molecule has 0 fully saturated rings. The number of likely N-dealkylation sites (N-methyl/N-ethyl adjacent to an activating group) is 1. The third-order valence-electron chi connectivity index (χ3n) is 3.36. The summed E-state index contributed by atoms with van der Waals surface area (Å²) >= 11 is 0. The molecule has 1 aromatic heterocycles. The number of nitrogens with zero attached hydrogens (tertiary/aromatic N) is 2. The third-order valence-corrected chi connectivity index (χ3v) is 3.36. The topological polar surface area (TPSA) is 47.0 Å². The van der Waals surface area contributed by atoms with Gasteiger partial charge in [0.25, 0.3) is 0 Å². The van der Waals surface area contributed by atoms with Crippen LogP contribution in [0.5, 0.6) is 0 Å². The molecule has 0 spiro atoms. The van der Waals surface area contributed by atoms with E-state index in [0.29, 0.717) is 0 Å². The van der Waals surface area contributed by atoms with E-state index in [4.69, 9.17) is 4.74 Å². The van der Waals surface area contributed by atoms with E-state index in [9.17, 15) is 0 Å². The van der Waals surface area contributed by atoms with Crippen molar-refractivity contribution < 1.29 is 4.74 Å². The molecule has 4 heteroatoms. The number of methoxy groups -OCH3 is 1. The normalized spacial score (nSPS) is 12.7. The highest BCUT2D eigenvalue weighted by Gasteiger charge is 2.16. The lowest BCUT2D eigenvalue weighted by Gasteiger charge is -2.16. The number of aromatic nitrogens is 2. The van der Waals surface area contributed by atoms with Crippen LogP contribution in [0.25, 0.3) is 0 Å². The first kappa shape index (κ1) is 16.1. The predicted molar refractivity (Wildman–Crippen MR) is 78.4 cm³/mol. The van der Waals surface area contributed by atoms with Crippen molar-refractivity contribution >= 4 is 0 Å². The van der Waals surface area contributed by atoms with Crippen molar-refractivity contribution in [2.45, 2.75) is 53.1 Å². The van der Waals surface area contributed by atoms with Crippen LogP contribution >= 0.6 is 0 Å². The monoisotopic (exact) mass is 265 g/mol.